The van der Waals surface area contributed by atoms with Crippen LogP contribution in [0.15, 0.2) is 53.0 Å². The molecule has 0 aliphatic carbocycles. The SMILES string of the molecule is C/C=C/C=C\C(N)=N\c1nc(-c2ccc(OCC)cn2)cs1. The average Bonchev–Trinajstić information content (AvgIpc) is 2.97. The number of thiazole rings is 1. The van der Waals surface area contributed by atoms with E-state index in [0.29, 0.717) is 17.6 Å². The molecule has 2 heterocycles. The number of rotatable bonds is 6. The summed E-state index contributed by atoms with van der Waals surface area (Å²) in [5.41, 5.74) is 7.37. The molecule has 0 spiro atoms. The van der Waals surface area contributed by atoms with E-state index in [-0.39, 0.29) is 0 Å². The van der Waals surface area contributed by atoms with Crippen LogP contribution in [0.25, 0.3) is 11.4 Å². The second-order valence-electron chi connectivity index (χ2n) is 4.25. The first-order valence-corrected chi connectivity index (χ1v) is 7.79. The topological polar surface area (TPSA) is 73.4 Å². The lowest BCUT2D eigenvalue weighted by molar-refractivity contribution is 0.339. The first-order valence-electron chi connectivity index (χ1n) is 6.91. The highest BCUT2D eigenvalue weighted by Gasteiger charge is 2.05. The highest BCUT2D eigenvalue weighted by Crippen LogP contribution is 2.26. The first kappa shape index (κ1) is 15.9. The van der Waals surface area contributed by atoms with Crippen molar-refractivity contribution >= 4 is 22.3 Å². The smallest absolute Gasteiger partial charge is 0.211 e. The minimum Gasteiger partial charge on any atom is -0.492 e. The summed E-state index contributed by atoms with van der Waals surface area (Å²) < 4.78 is 5.37. The number of aliphatic imine (C=N–C) groups is 1. The van der Waals surface area contributed by atoms with Crippen molar-refractivity contribution in [2.24, 2.45) is 10.7 Å². The fourth-order valence-electron chi connectivity index (χ4n) is 1.63. The van der Waals surface area contributed by atoms with Crippen molar-refractivity contribution in [3.63, 3.8) is 0 Å². The van der Waals surface area contributed by atoms with E-state index >= 15 is 0 Å². The maximum absolute atomic E-state index is 5.81. The second-order valence-corrected chi connectivity index (χ2v) is 5.09. The number of pyridine rings is 1. The summed E-state index contributed by atoms with van der Waals surface area (Å²) in [6.07, 6.45) is 9.06. The third-order valence-corrected chi connectivity index (χ3v) is 3.33. The molecule has 22 heavy (non-hydrogen) atoms. The van der Waals surface area contributed by atoms with Crippen molar-refractivity contribution in [2.75, 3.05) is 6.61 Å². The minimum atomic E-state index is 0.415. The average molecular weight is 314 g/mol. The van der Waals surface area contributed by atoms with Crippen LogP contribution in [0.5, 0.6) is 5.75 Å². The Morgan fingerprint density at radius 2 is 2.23 bits per heavy atom. The zero-order valence-electron chi connectivity index (χ0n) is 12.6. The molecule has 2 N–H and O–H groups in total. The molecule has 2 aromatic rings. The standard InChI is InChI=1S/C16H18N4OS/c1-3-5-6-7-15(17)20-16-19-14(11-22-16)13-9-8-12(10-18-13)21-4-2/h3,5-11H,4H2,1-2H3,(H2,17,19,20)/b5-3+,7-6-. The number of hydrogen-bond acceptors (Lipinski definition) is 5. The van der Waals surface area contributed by atoms with E-state index in [4.69, 9.17) is 10.5 Å². The molecule has 0 amide bonds. The van der Waals surface area contributed by atoms with E-state index in [0.717, 1.165) is 17.1 Å². The molecule has 0 bridgehead atoms. The van der Waals surface area contributed by atoms with Gasteiger partial charge in [0.1, 0.15) is 17.3 Å². The summed E-state index contributed by atoms with van der Waals surface area (Å²) in [7, 11) is 0. The van der Waals surface area contributed by atoms with Crippen LogP contribution >= 0.6 is 11.3 Å². The zero-order valence-corrected chi connectivity index (χ0v) is 13.4. The van der Waals surface area contributed by atoms with Gasteiger partial charge >= 0.3 is 0 Å². The summed E-state index contributed by atoms with van der Waals surface area (Å²) in [6.45, 7) is 4.50. The predicted octanol–water partition coefficient (Wildman–Crippen LogP) is 3.72. The maximum Gasteiger partial charge on any atom is 0.211 e. The fourth-order valence-corrected chi connectivity index (χ4v) is 2.33. The van der Waals surface area contributed by atoms with Gasteiger partial charge in [0.2, 0.25) is 5.13 Å². The van der Waals surface area contributed by atoms with Gasteiger partial charge in [0.15, 0.2) is 0 Å². The molecule has 0 unspecified atom stereocenters. The molecule has 0 aliphatic heterocycles. The van der Waals surface area contributed by atoms with E-state index in [1.807, 2.05) is 49.6 Å². The Hall–Kier alpha value is -2.47. The molecule has 114 valence electrons. The lowest BCUT2D eigenvalue weighted by Gasteiger charge is -2.02. The molecule has 6 heteroatoms. The molecule has 2 aromatic heterocycles. The first-order chi connectivity index (χ1) is 10.7. The molecule has 0 aromatic carbocycles. The number of nitrogens with zero attached hydrogens (tertiary/aromatic N) is 3. The Morgan fingerprint density at radius 3 is 2.91 bits per heavy atom. The van der Waals surface area contributed by atoms with Gasteiger partial charge in [0, 0.05) is 5.38 Å². The van der Waals surface area contributed by atoms with Crippen LogP contribution in [0.4, 0.5) is 5.13 Å². The Labute approximate surface area is 133 Å². The zero-order chi connectivity index (χ0) is 15.8. The van der Waals surface area contributed by atoms with E-state index in [9.17, 15) is 0 Å². The molecule has 0 saturated carbocycles. The Morgan fingerprint density at radius 1 is 1.36 bits per heavy atom. The quantitative estimate of drug-likeness (QED) is 0.501. The van der Waals surface area contributed by atoms with Crippen molar-refractivity contribution in [3.05, 3.63) is 48.0 Å². The largest absolute Gasteiger partial charge is 0.492 e. The Bertz CT molecular complexity index is 686. The van der Waals surface area contributed by atoms with Crippen LogP contribution in [0.2, 0.25) is 0 Å². The Balaban J connectivity index is 2.12. The van der Waals surface area contributed by atoms with Gasteiger partial charge < -0.3 is 10.5 Å². The van der Waals surface area contributed by atoms with E-state index < -0.39 is 0 Å². The van der Waals surface area contributed by atoms with Gasteiger partial charge in [-0.1, -0.05) is 18.2 Å². The van der Waals surface area contributed by atoms with Gasteiger partial charge in [-0.3, -0.25) is 4.98 Å². The van der Waals surface area contributed by atoms with Crippen molar-refractivity contribution in [3.8, 4) is 17.1 Å². The van der Waals surface area contributed by atoms with Gasteiger partial charge in [0.25, 0.3) is 0 Å². The third kappa shape index (κ3) is 4.53. The summed E-state index contributed by atoms with van der Waals surface area (Å²) in [4.78, 5) is 13.0. The predicted molar refractivity (Wildman–Crippen MR) is 91.8 cm³/mol. The van der Waals surface area contributed by atoms with Gasteiger partial charge in [-0.2, -0.15) is 0 Å². The molecule has 0 atom stereocenters. The fraction of sp³-hybridized carbons (Fsp3) is 0.188. The van der Waals surface area contributed by atoms with Crippen LogP contribution < -0.4 is 10.5 Å². The van der Waals surface area contributed by atoms with Gasteiger partial charge in [-0.15, -0.1) is 11.3 Å². The number of ether oxygens (including phenoxy) is 1. The lowest BCUT2D eigenvalue weighted by Crippen LogP contribution is -2.06. The summed E-state index contributed by atoms with van der Waals surface area (Å²) in [5.74, 6) is 1.16. The summed E-state index contributed by atoms with van der Waals surface area (Å²) in [6, 6.07) is 3.76. The van der Waals surface area contributed by atoms with Crippen LogP contribution in [-0.4, -0.2) is 22.4 Å². The summed E-state index contributed by atoms with van der Waals surface area (Å²) in [5, 5.41) is 2.51. The van der Waals surface area contributed by atoms with Crippen molar-refractivity contribution in [2.45, 2.75) is 13.8 Å². The number of allylic oxidation sites excluding steroid dienone is 3. The third-order valence-electron chi connectivity index (χ3n) is 2.60. The minimum absolute atomic E-state index is 0.415. The number of amidine groups is 1. The second kappa shape index (κ2) is 8.09. The number of hydrogen-bond donors (Lipinski definition) is 1. The normalized spacial score (nSPS) is 12.4. The van der Waals surface area contributed by atoms with Crippen molar-refractivity contribution < 1.29 is 4.74 Å². The monoisotopic (exact) mass is 314 g/mol. The molecule has 0 saturated heterocycles. The van der Waals surface area contributed by atoms with Crippen molar-refractivity contribution in [1.29, 1.82) is 0 Å². The maximum atomic E-state index is 5.81. The molecular weight excluding hydrogens is 296 g/mol. The van der Waals surface area contributed by atoms with Crippen molar-refractivity contribution in [1.82, 2.24) is 9.97 Å². The molecular formula is C16H18N4OS. The molecule has 0 aliphatic rings. The van der Waals surface area contributed by atoms with Crippen LogP contribution in [-0.2, 0) is 0 Å². The van der Waals surface area contributed by atoms with Crippen LogP contribution in [0, 0.1) is 0 Å². The molecule has 2 rings (SSSR count). The van der Waals surface area contributed by atoms with Crippen LogP contribution in [0.3, 0.4) is 0 Å². The Kier molecular flexibility index (Phi) is 5.85. The molecule has 0 radical (unpaired) electrons. The molecule has 5 nitrogen and oxygen atoms in total. The highest BCUT2D eigenvalue weighted by molar-refractivity contribution is 7.13. The number of aromatic nitrogens is 2. The lowest BCUT2D eigenvalue weighted by atomic mass is 10.3. The summed E-state index contributed by atoms with van der Waals surface area (Å²) >= 11 is 1.42. The number of nitrogens with two attached hydrogens (primary N) is 1. The highest BCUT2D eigenvalue weighted by atomic mass is 32.1. The van der Waals surface area contributed by atoms with Gasteiger partial charge in [0.05, 0.1) is 18.5 Å². The molecule has 0 fully saturated rings. The van der Waals surface area contributed by atoms with E-state index in [1.165, 1.54) is 11.3 Å². The van der Waals surface area contributed by atoms with Crippen LogP contribution in [0.1, 0.15) is 13.8 Å². The van der Waals surface area contributed by atoms with Gasteiger partial charge in [-0.05, 0) is 32.1 Å². The van der Waals surface area contributed by atoms with E-state index in [1.54, 1.807) is 12.3 Å². The van der Waals surface area contributed by atoms with Gasteiger partial charge in [-0.25, -0.2) is 9.98 Å². The van der Waals surface area contributed by atoms with E-state index in [2.05, 4.69) is 15.0 Å².